The lowest BCUT2D eigenvalue weighted by Gasteiger charge is -2.25. The van der Waals surface area contributed by atoms with E-state index in [4.69, 9.17) is 14.2 Å². The molecule has 3 aliphatic heterocycles. The van der Waals surface area contributed by atoms with Gasteiger partial charge >= 0.3 is 0 Å². The van der Waals surface area contributed by atoms with Crippen molar-refractivity contribution < 1.29 is 23.8 Å². The van der Waals surface area contributed by atoms with Gasteiger partial charge in [-0.3, -0.25) is 9.59 Å². The first-order valence-electron chi connectivity index (χ1n) is 11.3. The standard InChI is InChI=1S/C27H24N2O5/c1-28(2)25(30)18-7-5-6-17(12-18)15-29-21-9-4-3-8-19(21)27(26(29)31)16-34-22-14-24-23(13-20(22)27)32-10-11-33-24/h3-9,12-14H,10-11,15-16H2,1-2H3. The fourth-order valence-electron chi connectivity index (χ4n) is 5.11. The summed E-state index contributed by atoms with van der Waals surface area (Å²) in [5, 5.41) is 0. The van der Waals surface area contributed by atoms with E-state index in [-0.39, 0.29) is 18.4 Å². The van der Waals surface area contributed by atoms with E-state index < -0.39 is 5.41 Å². The molecule has 0 aromatic heterocycles. The number of anilines is 1. The van der Waals surface area contributed by atoms with E-state index in [0.717, 1.165) is 22.4 Å². The Morgan fingerprint density at radius 3 is 2.47 bits per heavy atom. The summed E-state index contributed by atoms with van der Waals surface area (Å²) in [6.45, 7) is 1.53. The Kier molecular flexibility index (Phi) is 4.55. The van der Waals surface area contributed by atoms with Crippen molar-refractivity contribution in [3.8, 4) is 17.2 Å². The van der Waals surface area contributed by atoms with Crippen LogP contribution in [0.2, 0.25) is 0 Å². The largest absolute Gasteiger partial charge is 0.491 e. The highest BCUT2D eigenvalue weighted by Crippen LogP contribution is 2.55. The summed E-state index contributed by atoms with van der Waals surface area (Å²) in [6.07, 6.45) is 0. The second-order valence-corrected chi connectivity index (χ2v) is 8.99. The van der Waals surface area contributed by atoms with Crippen molar-refractivity contribution >= 4 is 17.5 Å². The van der Waals surface area contributed by atoms with E-state index in [0.29, 0.717) is 42.6 Å². The van der Waals surface area contributed by atoms with Crippen LogP contribution < -0.4 is 19.1 Å². The highest BCUT2D eigenvalue weighted by atomic mass is 16.6. The highest BCUT2D eigenvalue weighted by molar-refractivity contribution is 6.11. The van der Waals surface area contributed by atoms with Gasteiger partial charge in [-0.25, -0.2) is 0 Å². The molecule has 172 valence electrons. The molecule has 7 heteroatoms. The maximum atomic E-state index is 14.1. The number of carbonyl (C=O) groups excluding carboxylic acids is 2. The SMILES string of the molecule is CN(C)C(=O)c1cccc(CN2C(=O)C3(COc4cc5c(cc43)OCCO5)c3ccccc32)c1. The molecular formula is C27H24N2O5. The van der Waals surface area contributed by atoms with Gasteiger partial charge in [0.15, 0.2) is 11.5 Å². The van der Waals surface area contributed by atoms with Crippen LogP contribution in [0.15, 0.2) is 60.7 Å². The summed E-state index contributed by atoms with van der Waals surface area (Å²) in [5.41, 5.74) is 3.09. The van der Waals surface area contributed by atoms with Gasteiger partial charge in [0.05, 0.1) is 6.54 Å². The lowest BCUT2D eigenvalue weighted by Crippen LogP contribution is -2.42. The van der Waals surface area contributed by atoms with Gasteiger partial charge in [-0.05, 0) is 35.4 Å². The molecule has 1 spiro atoms. The van der Waals surface area contributed by atoms with Crippen LogP contribution in [-0.4, -0.2) is 50.6 Å². The Morgan fingerprint density at radius 2 is 1.68 bits per heavy atom. The molecular weight excluding hydrogens is 432 g/mol. The molecule has 0 radical (unpaired) electrons. The molecule has 6 rings (SSSR count). The van der Waals surface area contributed by atoms with E-state index >= 15 is 0 Å². The Morgan fingerprint density at radius 1 is 0.912 bits per heavy atom. The van der Waals surface area contributed by atoms with Crippen LogP contribution >= 0.6 is 0 Å². The van der Waals surface area contributed by atoms with Crippen LogP contribution in [-0.2, 0) is 16.8 Å². The summed E-state index contributed by atoms with van der Waals surface area (Å²) in [6, 6.07) is 19.0. The third-order valence-corrected chi connectivity index (χ3v) is 6.73. The minimum absolute atomic E-state index is 0.0477. The van der Waals surface area contributed by atoms with Crippen LogP contribution in [0, 0.1) is 0 Å². The summed E-state index contributed by atoms with van der Waals surface area (Å²) >= 11 is 0. The molecule has 0 saturated carbocycles. The number of carbonyl (C=O) groups is 2. The molecule has 3 aromatic carbocycles. The Balaban J connectivity index is 1.42. The number of para-hydroxylation sites is 1. The molecule has 0 aliphatic carbocycles. The number of ether oxygens (including phenoxy) is 3. The molecule has 0 bridgehead atoms. The van der Waals surface area contributed by atoms with Crippen LogP contribution in [0.1, 0.15) is 27.0 Å². The van der Waals surface area contributed by atoms with Crippen molar-refractivity contribution in [1.29, 1.82) is 0 Å². The zero-order valence-electron chi connectivity index (χ0n) is 19.0. The fraction of sp³-hybridized carbons (Fsp3) is 0.259. The lowest BCUT2D eigenvalue weighted by molar-refractivity contribution is -0.122. The molecule has 1 atom stereocenters. The van der Waals surface area contributed by atoms with Gasteiger partial charge in [-0.15, -0.1) is 0 Å². The number of nitrogens with zero attached hydrogens (tertiary/aromatic N) is 2. The van der Waals surface area contributed by atoms with Gasteiger partial charge in [0.2, 0.25) is 5.91 Å². The van der Waals surface area contributed by atoms with E-state index in [1.807, 2.05) is 54.6 Å². The van der Waals surface area contributed by atoms with Gasteiger partial charge in [0, 0.05) is 37.0 Å². The highest BCUT2D eigenvalue weighted by Gasteiger charge is 2.57. The monoisotopic (exact) mass is 456 g/mol. The van der Waals surface area contributed by atoms with Gasteiger partial charge in [0.25, 0.3) is 5.91 Å². The summed E-state index contributed by atoms with van der Waals surface area (Å²) < 4.78 is 17.6. The fourth-order valence-corrected chi connectivity index (χ4v) is 5.11. The Hall–Kier alpha value is -4.00. The number of fused-ring (bicyclic) bond motifs is 5. The maximum absolute atomic E-state index is 14.1. The molecule has 0 fully saturated rings. The van der Waals surface area contributed by atoms with Gasteiger partial charge < -0.3 is 24.0 Å². The molecule has 1 unspecified atom stereocenters. The van der Waals surface area contributed by atoms with Crippen LogP contribution in [0.4, 0.5) is 5.69 Å². The number of hydrogen-bond donors (Lipinski definition) is 0. The first-order valence-corrected chi connectivity index (χ1v) is 11.3. The number of hydrogen-bond acceptors (Lipinski definition) is 5. The van der Waals surface area contributed by atoms with Gasteiger partial charge in [0.1, 0.15) is 31.0 Å². The molecule has 0 saturated heterocycles. The Labute approximate surface area is 197 Å². The molecule has 34 heavy (non-hydrogen) atoms. The zero-order valence-corrected chi connectivity index (χ0v) is 19.0. The van der Waals surface area contributed by atoms with Crippen LogP contribution in [0.3, 0.4) is 0 Å². The summed E-state index contributed by atoms with van der Waals surface area (Å²) in [7, 11) is 3.45. The topological polar surface area (TPSA) is 68.3 Å². The summed E-state index contributed by atoms with van der Waals surface area (Å²) in [5.74, 6) is 1.80. The second-order valence-electron chi connectivity index (χ2n) is 8.99. The molecule has 7 nitrogen and oxygen atoms in total. The first kappa shape index (κ1) is 20.6. The van der Waals surface area contributed by atoms with E-state index in [1.165, 1.54) is 0 Å². The number of benzene rings is 3. The van der Waals surface area contributed by atoms with Crippen molar-refractivity contribution in [2.24, 2.45) is 0 Å². The quantitative estimate of drug-likeness (QED) is 0.605. The third kappa shape index (κ3) is 2.89. The van der Waals surface area contributed by atoms with Crippen LogP contribution in [0.5, 0.6) is 17.2 Å². The average Bonchev–Trinajstić information content (AvgIpc) is 3.34. The van der Waals surface area contributed by atoms with Crippen molar-refractivity contribution in [3.05, 3.63) is 82.9 Å². The maximum Gasteiger partial charge on any atom is 0.253 e. The van der Waals surface area contributed by atoms with Crippen molar-refractivity contribution in [2.45, 2.75) is 12.0 Å². The summed E-state index contributed by atoms with van der Waals surface area (Å²) in [4.78, 5) is 30.0. The second kappa shape index (κ2) is 7.52. The van der Waals surface area contributed by atoms with Crippen molar-refractivity contribution in [3.63, 3.8) is 0 Å². The number of amides is 2. The molecule has 3 aromatic rings. The van der Waals surface area contributed by atoms with Crippen molar-refractivity contribution in [1.82, 2.24) is 4.90 Å². The minimum Gasteiger partial charge on any atom is -0.491 e. The van der Waals surface area contributed by atoms with E-state index in [2.05, 4.69) is 0 Å². The Bertz CT molecular complexity index is 1330. The zero-order chi connectivity index (χ0) is 23.4. The minimum atomic E-state index is -0.946. The van der Waals surface area contributed by atoms with Gasteiger partial charge in [-0.1, -0.05) is 30.3 Å². The van der Waals surface area contributed by atoms with E-state index in [9.17, 15) is 9.59 Å². The molecule has 2 amide bonds. The predicted octanol–water partition coefficient (Wildman–Crippen LogP) is 3.38. The smallest absolute Gasteiger partial charge is 0.253 e. The molecule has 3 heterocycles. The normalized spacial score (nSPS) is 19.6. The van der Waals surface area contributed by atoms with E-state index in [1.54, 1.807) is 30.0 Å². The average molecular weight is 456 g/mol. The van der Waals surface area contributed by atoms with Crippen molar-refractivity contribution in [2.75, 3.05) is 38.8 Å². The lowest BCUT2D eigenvalue weighted by atomic mass is 9.77. The number of rotatable bonds is 3. The first-order chi connectivity index (χ1) is 16.5. The van der Waals surface area contributed by atoms with Crippen LogP contribution in [0.25, 0.3) is 0 Å². The van der Waals surface area contributed by atoms with Gasteiger partial charge in [-0.2, -0.15) is 0 Å². The third-order valence-electron chi connectivity index (χ3n) is 6.73. The predicted molar refractivity (Wildman–Crippen MR) is 126 cm³/mol. The molecule has 0 N–H and O–H groups in total. The molecule has 3 aliphatic rings.